The quantitative estimate of drug-likeness (QED) is 0.729. The molecule has 2 aromatic rings. The molecule has 86 valence electrons. The van der Waals surface area contributed by atoms with E-state index in [1.54, 1.807) is 0 Å². The summed E-state index contributed by atoms with van der Waals surface area (Å²) in [6.07, 6.45) is 2.45. The molecule has 1 aliphatic rings. The van der Waals surface area contributed by atoms with Crippen molar-refractivity contribution in [1.82, 2.24) is 0 Å². The lowest BCUT2D eigenvalue weighted by Crippen LogP contribution is -2.11. The lowest BCUT2D eigenvalue weighted by atomic mass is 9.87. The van der Waals surface area contributed by atoms with E-state index in [1.165, 1.54) is 16.7 Å². The summed E-state index contributed by atoms with van der Waals surface area (Å²) in [5.41, 5.74) is 5.05. The van der Waals surface area contributed by atoms with Crippen LogP contribution in [-0.2, 0) is 19.3 Å². The third-order valence-electron chi connectivity index (χ3n) is 3.61. The molecule has 0 saturated carbocycles. The van der Waals surface area contributed by atoms with Gasteiger partial charge in [0.1, 0.15) is 0 Å². The van der Waals surface area contributed by atoms with Gasteiger partial charge in [-0.2, -0.15) is 0 Å². The van der Waals surface area contributed by atoms with Gasteiger partial charge in [0, 0.05) is 6.42 Å². The lowest BCUT2D eigenvalue weighted by molar-refractivity contribution is 0.176. The Labute approximate surface area is 102 Å². The third-order valence-corrected chi connectivity index (χ3v) is 3.61. The van der Waals surface area contributed by atoms with E-state index in [0.29, 0.717) is 0 Å². The van der Waals surface area contributed by atoms with Gasteiger partial charge in [-0.25, -0.2) is 0 Å². The summed E-state index contributed by atoms with van der Waals surface area (Å²) < 4.78 is 0. The minimum atomic E-state index is -0.368. The molecular weight excluding hydrogens is 208 g/mol. The molecule has 1 aliphatic carbocycles. The van der Waals surface area contributed by atoms with Crippen molar-refractivity contribution in [3.05, 3.63) is 70.8 Å². The number of aliphatic hydroxyl groups is 1. The number of fused-ring (bicyclic) bond motifs is 2. The first-order valence-electron chi connectivity index (χ1n) is 6.17. The molecule has 1 atom stereocenters. The fourth-order valence-electron chi connectivity index (χ4n) is 2.68. The van der Waals surface area contributed by atoms with Gasteiger partial charge >= 0.3 is 0 Å². The summed E-state index contributed by atoms with van der Waals surface area (Å²) in [5.74, 6) is 0. The Morgan fingerprint density at radius 1 is 0.765 bits per heavy atom. The Morgan fingerprint density at radius 3 is 2.18 bits per heavy atom. The summed E-state index contributed by atoms with van der Waals surface area (Å²) in [7, 11) is 0. The maximum Gasteiger partial charge on any atom is 0.0833 e. The van der Waals surface area contributed by atoms with Gasteiger partial charge in [0.15, 0.2) is 0 Å². The molecule has 0 amide bonds. The molecule has 0 spiro atoms. The zero-order valence-corrected chi connectivity index (χ0v) is 9.76. The second kappa shape index (κ2) is 4.34. The van der Waals surface area contributed by atoms with Crippen LogP contribution in [0.1, 0.15) is 28.4 Å². The van der Waals surface area contributed by atoms with Crippen LogP contribution in [0.25, 0.3) is 0 Å². The van der Waals surface area contributed by atoms with E-state index in [0.717, 1.165) is 24.8 Å². The van der Waals surface area contributed by atoms with Crippen molar-refractivity contribution >= 4 is 0 Å². The molecule has 0 aliphatic heterocycles. The van der Waals surface area contributed by atoms with Crippen LogP contribution in [-0.4, -0.2) is 5.11 Å². The van der Waals surface area contributed by atoms with Crippen LogP contribution in [0, 0.1) is 0 Å². The normalized spacial score (nSPS) is 18.8. The van der Waals surface area contributed by atoms with Gasteiger partial charge in [0.25, 0.3) is 0 Å². The largest absolute Gasteiger partial charge is 0.388 e. The van der Waals surface area contributed by atoms with E-state index >= 15 is 0 Å². The third kappa shape index (κ3) is 1.98. The van der Waals surface area contributed by atoms with Crippen molar-refractivity contribution in [1.29, 1.82) is 0 Å². The zero-order chi connectivity index (χ0) is 11.7. The Hall–Kier alpha value is -1.60. The average Bonchev–Trinajstić information content (AvgIpc) is 2.36. The maximum absolute atomic E-state index is 10.3. The van der Waals surface area contributed by atoms with Crippen LogP contribution in [0.4, 0.5) is 0 Å². The highest BCUT2D eigenvalue weighted by molar-refractivity contribution is 5.36. The molecule has 0 aromatic heterocycles. The number of benzene rings is 2. The second-order valence-corrected chi connectivity index (χ2v) is 4.69. The van der Waals surface area contributed by atoms with Crippen molar-refractivity contribution in [2.24, 2.45) is 0 Å². The molecule has 3 rings (SSSR count). The van der Waals surface area contributed by atoms with Crippen LogP contribution in [0.15, 0.2) is 48.5 Å². The van der Waals surface area contributed by atoms with Crippen molar-refractivity contribution in [3.63, 3.8) is 0 Å². The average molecular weight is 224 g/mol. The SMILES string of the molecule is OC1Cc2ccccc2CCc2ccccc21. The highest BCUT2D eigenvalue weighted by atomic mass is 16.3. The van der Waals surface area contributed by atoms with Crippen molar-refractivity contribution < 1.29 is 5.11 Å². The standard InChI is InChI=1S/C16H16O/c17-16-11-14-7-2-1-5-12(14)9-10-13-6-3-4-8-15(13)16/h1-8,16-17H,9-11H2. The van der Waals surface area contributed by atoms with Gasteiger partial charge in [-0.1, -0.05) is 48.5 Å². The number of aryl methyl sites for hydroxylation is 2. The summed E-state index contributed by atoms with van der Waals surface area (Å²) in [6, 6.07) is 16.7. The molecule has 2 aromatic carbocycles. The molecule has 1 unspecified atom stereocenters. The topological polar surface area (TPSA) is 20.2 Å². The van der Waals surface area contributed by atoms with Gasteiger partial charge in [0.2, 0.25) is 0 Å². The molecule has 0 radical (unpaired) electrons. The van der Waals surface area contributed by atoms with Crippen molar-refractivity contribution in [3.8, 4) is 0 Å². The minimum absolute atomic E-state index is 0.368. The second-order valence-electron chi connectivity index (χ2n) is 4.69. The highest BCUT2D eigenvalue weighted by Gasteiger charge is 2.17. The molecule has 0 bridgehead atoms. The van der Waals surface area contributed by atoms with Crippen molar-refractivity contribution in [2.75, 3.05) is 0 Å². The number of hydrogen-bond acceptors (Lipinski definition) is 1. The zero-order valence-electron chi connectivity index (χ0n) is 9.76. The Morgan fingerprint density at radius 2 is 1.35 bits per heavy atom. The molecule has 1 N–H and O–H groups in total. The Balaban J connectivity index is 2.03. The first kappa shape index (κ1) is 10.5. The Bertz CT molecular complexity index is 531. The molecule has 0 heterocycles. The van der Waals surface area contributed by atoms with E-state index in [1.807, 2.05) is 12.1 Å². The molecule has 0 fully saturated rings. The molecule has 17 heavy (non-hydrogen) atoms. The van der Waals surface area contributed by atoms with E-state index in [4.69, 9.17) is 0 Å². The van der Waals surface area contributed by atoms with Crippen LogP contribution >= 0.6 is 0 Å². The van der Waals surface area contributed by atoms with Crippen LogP contribution in [0.3, 0.4) is 0 Å². The fourth-order valence-corrected chi connectivity index (χ4v) is 2.68. The monoisotopic (exact) mass is 224 g/mol. The summed E-state index contributed by atoms with van der Waals surface area (Å²) in [6.45, 7) is 0. The highest BCUT2D eigenvalue weighted by Crippen LogP contribution is 2.27. The molecule has 0 saturated heterocycles. The van der Waals surface area contributed by atoms with Crippen LogP contribution < -0.4 is 0 Å². The van der Waals surface area contributed by atoms with Gasteiger partial charge < -0.3 is 5.11 Å². The predicted molar refractivity (Wildman–Crippen MR) is 69.0 cm³/mol. The van der Waals surface area contributed by atoms with Crippen molar-refractivity contribution in [2.45, 2.75) is 25.4 Å². The first-order chi connectivity index (χ1) is 8.34. The predicted octanol–water partition coefficient (Wildman–Crippen LogP) is 3.06. The Kier molecular flexibility index (Phi) is 2.69. The van der Waals surface area contributed by atoms with Gasteiger partial charge in [-0.05, 0) is 35.1 Å². The van der Waals surface area contributed by atoms with E-state index < -0.39 is 0 Å². The number of rotatable bonds is 0. The molecule has 1 heteroatoms. The van der Waals surface area contributed by atoms with Gasteiger partial charge in [-0.3, -0.25) is 0 Å². The van der Waals surface area contributed by atoms with E-state index in [2.05, 4.69) is 36.4 Å². The summed E-state index contributed by atoms with van der Waals surface area (Å²) in [5, 5.41) is 10.3. The van der Waals surface area contributed by atoms with Gasteiger partial charge in [0.05, 0.1) is 6.10 Å². The fraction of sp³-hybridized carbons (Fsp3) is 0.250. The van der Waals surface area contributed by atoms with E-state index in [9.17, 15) is 5.11 Å². The number of aliphatic hydroxyl groups excluding tert-OH is 1. The minimum Gasteiger partial charge on any atom is -0.388 e. The van der Waals surface area contributed by atoms with E-state index in [-0.39, 0.29) is 6.10 Å². The first-order valence-corrected chi connectivity index (χ1v) is 6.17. The van der Waals surface area contributed by atoms with Crippen LogP contribution in [0.5, 0.6) is 0 Å². The number of hydrogen-bond donors (Lipinski definition) is 1. The smallest absolute Gasteiger partial charge is 0.0833 e. The maximum atomic E-state index is 10.3. The van der Waals surface area contributed by atoms with Gasteiger partial charge in [-0.15, -0.1) is 0 Å². The molecule has 1 nitrogen and oxygen atoms in total. The molecular formula is C16H16O. The lowest BCUT2D eigenvalue weighted by Gasteiger charge is -2.21. The van der Waals surface area contributed by atoms with Crippen LogP contribution in [0.2, 0.25) is 0 Å². The summed E-state index contributed by atoms with van der Waals surface area (Å²) >= 11 is 0. The summed E-state index contributed by atoms with van der Waals surface area (Å²) in [4.78, 5) is 0.